The Morgan fingerprint density at radius 2 is 1.93 bits per heavy atom. The molecule has 0 radical (unpaired) electrons. The van der Waals surface area contributed by atoms with E-state index in [-0.39, 0.29) is 34.4 Å². The van der Waals surface area contributed by atoms with Crippen molar-refractivity contribution in [2.24, 2.45) is 5.92 Å². The van der Waals surface area contributed by atoms with Gasteiger partial charge in [0.05, 0.1) is 5.60 Å². The first-order chi connectivity index (χ1) is 14.5. The quantitative estimate of drug-likeness (QED) is 0.658. The molecule has 2 aliphatic rings. The van der Waals surface area contributed by atoms with E-state index in [9.17, 15) is 14.3 Å². The van der Waals surface area contributed by atoms with Crippen LogP contribution in [-0.4, -0.2) is 37.9 Å². The Hall–Kier alpha value is -2.44. The van der Waals surface area contributed by atoms with E-state index in [2.05, 4.69) is 4.98 Å². The van der Waals surface area contributed by atoms with Crippen LogP contribution in [0.4, 0.5) is 4.39 Å². The van der Waals surface area contributed by atoms with E-state index in [1.165, 1.54) is 16.5 Å². The topological polar surface area (TPSA) is 57.8 Å². The standard InChI is InChI=1S/C23H23ClFN3O2/c24-20-19-17(25)10-6-13-28(19)21(26-20)22(29)27-14-12-23(30,15-7-2-1-3-8-15)16-9-4-5-11-18(16)27/h1-3,6-8,10,13,16,18,30H,4-5,9,11-12,14H2/t16-,18+,23?/m0/s1. The number of likely N-dealkylation sites (tertiary alicyclic amines) is 1. The fraction of sp³-hybridized carbons (Fsp3) is 0.391. The molecule has 1 N–H and O–H groups in total. The number of halogens is 2. The van der Waals surface area contributed by atoms with Crippen LogP contribution in [0.1, 0.15) is 48.3 Å². The van der Waals surface area contributed by atoms with Crippen molar-refractivity contribution in [2.75, 3.05) is 6.54 Å². The molecule has 5 rings (SSSR count). The number of rotatable bonds is 2. The highest BCUT2D eigenvalue weighted by atomic mass is 35.5. The van der Waals surface area contributed by atoms with Crippen molar-refractivity contribution in [3.05, 3.63) is 71.0 Å². The predicted molar refractivity (Wildman–Crippen MR) is 112 cm³/mol. The van der Waals surface area contributed by atoms with Crippen molar-refractivity contribution in [1.29, 1.82) is 0 Å². The second-order valence-corrected chi connectivity index (χ2v) is 8.66. The zero-order valence-corrected chi connectivity index (χ0v) is 17.2. The van der Waals surface area contributed by atoms with Crippen LogP contribution in [-0.2, 0) is 5.60 Å². The summed E-state index contributed by atoms with van der Waals surface area (Å²) in [4.78, 5) is 19.5. The number of carbonyl (C=O) groups is 1. The van der Waals surface area contributed by atoms with Crippen LogP contribution in [0, 0.1) is 11.7 Å². The fourth-order valence-electron chi connectivity index (χ4n) is 5.36. The molecule has 30 heavy (non-hydrogen) atoms. The summed E-state index contributed by atoms with van der Waals surface area (Å²) < 4.78 is 15.6. The van der Waals surface area contributed by atoms with Crippen LogP contribution in [0.15, 0.2) is 48.7 Å². The van der Waals surface area contributed by atoms with Gasteiger partial charge in [0.25, 0.3) is 5.91 Å². The molecule has 1 aliphatic heterocycles. The Morgan fingerprint density at radius 1 is 1.17 bits per heavy atom. The van der Waals surface area contributed by atoms with Gasteiger partial charge >= 0.3 is 0 Å². The molecular weight excluding hydrogens is 405 g/mol. The molecule has 1 aliphatic carbocycles. The maximum atomic E-state index is 14.2. The number of amides is 1. The minimum Gasteiger partial charge on any atom is -0.385 e. The third-order valence-electron chi connectivity index (χ3n) is 6.78. The normalized spacial score (nSPS) is 26.6. The van der Waals surface area contributed by atoms with Crippen LogP contribution in [0.5, 0.6) is 0 Å². The van der Waals surface area contributed by atoms with E-state index >= 15 is 0 Å². The van der Waals surface area contributed by atoms with Crippen LogP contribution < -0.4 is 0 Å². The van der Waals surface area contributed by atoms with Gasteiger partial charge in [-0.3, -0.25) is 9.20 Å². The van der Waals surface area contributed by atoms with Gasteiger partial charge in [-0.15, -0.1) is 0 Å². The lowest BCUT2D eigenvalue weighted by atomic mass is 9.66. The SMILES string of the molecule is O=C(c1nc(Cl)c2c(F)cccn12)N1CCC(O)(c2ccccc2)[C@H]2CCCC[C@H]21. The Bertz CT molecular complexity index is 1100. The number of imidazole rings is 1. The highest BCUT2D eigenvalue weighted by Gasteiger charge is 2.50. The van der Waals surface area contributed by atoms with Gasteiger partial charge in [0.2, 0.25) is 5.82 Å². The van der Waals surface area contributed by atoms with E-state index in [1.54, 1.807) is 6.20 Å². The van der Waals surface area contributed by atoms with E-state index in [1.807, 2.05) is 35.2 Å². The lowest BCUT2D eigenvalue weighted by Crippen LogP contribution is -2.59. The summed E-state index contributed by atoms with van der Waals surface area (Å²) in [5, 5.41) is 11.7. The Labute approximate surface area is 179 Å². The minimum atomic E-state index is -0.957. The van der Waals surface area contributed by atoms with Crippen LogP contribution in [0.3, 0.4) is 0 Å². The third-order valence-corrected chi connectivity index (χ3v) is 7.04. The molecule has 1 amide bonds. The van der Waals surface area contributed by atoms with E-state index in [0.29, 0.717) is 13.0 Å². The first-order valence-electron chi connectivity index (χ1n) is 10.4. The second-order valence-electron chi connectivity index (χ2n) is 8.30. The van der Waals surface area contributed by atoms with E-state index < -0.39 is 11.4 Å². The molecule has 3 aromatic rings. The molecule has 7 heteroatoms. The molecule has 1 aromatic carbocycles. The van der Waals surface area contributed by atoms with Gasteiger partial charge in [0, 0.05) is 24.7 Å². The number of aliphatic hydroxyl groups is 1. The maximum Gasteiger partial charge on any atom is 0.290 e. The average molecular weight is 428 g/mol. The molecule has 156 valence electrons. The lowest BCUT2D eigenvalue weighted by molar-refractivity contribution is -0.110. The Balaban J connectivity index is 1.52. The van der Waals surface area contributed by atoms with Crippen LogP contribution in [0.25, 0.3) is 5.52 Å². The molecule has 3 heterocycles. The molecule has 5 nitrogen and oxygen atoms in total. The molecule has 3 atom stereocenters. The second kappa shape index (κ2) is 7.36. The van der Waals surface area contributed by atoms with Crippen molar-refractivity contribution in [1.82, 2.24) is 14.3 Å². The molecule has 1 saturated heterocycles. The Morgan fingerprint density at radius 3 is 2.73 bits per heavy atom. The molecular formula is C23H23ClFN3O2. The number of aromatic nitrogens is 2. The lowest BCUT2D eigenvalue weighted by Gasteiger charge is -2.52. The summed E-state index contributed by atoms with van der Waals surface area (Å²) in [5.74, 6) is -0.718. The summed E-state index contributed by atoms with van der Waals surface area (Å²) >= 11 is 6.15. The molecule has 1 saturated carbocycles. The highest BCUT2D eigenvalue weighted by molar-refractivity contribution is 6.33. The third kappa shape index (κ3) is 2.93. The Kier molecular flexibility index (Phi) is 4.79. The smallest absolute Gasteiger partial charge is 0.290 e. The summed E-state index contributed by atoms with van der Waals surface area (Å²) in [6, 6.07) is 12.5. The number of pyridine rings is 1. The van der Waals surface area contributed by atoms with Gasteiger partial charge in [-0.25, -0.2) is 9.37 Å². The number of fused-ring (bicyclic) bond motifs is 2. The molecule has 2 fully saturated rings. The molecule has 0 spiro atoms. The first kappa shape index (κ1) is 19.5. The predicted octanol–water partition coefficient (Wildman–Crippen LogP) is 4.42. The van der Waals surface area contributed by atoms with E-state index in [0.717, 1.165) is 31.2 Å². The number of piperidine rings is 1. The van der Waals surface area contributed by atoms with Crippen molar-refractivity contribution >= 4 is 23.0 Å². The van der Waals surface area contributed by atoms with E-state index in [4.69, 9.17) is 11.6 Å². The van der Waals surface area contributed by atoms with Crippen molar-refractivity contribution < 1.29 is 14.3 Å². The van der Waals surface area contributed by atoms with Gasteiger partial charge in [0.1, 0.15) is 11.3 Å². The number of benzene rings is 1. The maximum absolute atomic E-state index is 14.2. The van der Waals surface area contributed by atoms with Gasteiger partial charge in [0.15, 0.2) is 5.15 Å². The number of nitrogens with zero attached hydrogens (tertiary/aromatic N) is 3. The molecule has 1 unspecified atom stereocenters. The number of hydrogen-bond donors (Lipinski definition) is 1. The van der Waals surface area contributed by atoms with Gasteiger partial charge in [-0.1, -0.05) is 54.8 Å². The number of carbonyl (C=O) groups excluding carboxylic acids is 1. The van der Waals surface area contributed by atoms with Crippen molar-refractivity contribution in [3.63, 3.8) is 0 Å². The fourth-order valence-corrected chi connectivity index (χ4v) is 5.62. The zero-order chi connectivity index (χ0) is 20.9. The van der Waals surface area contributed by atoms with Gasteiger partial charge < -0.3 is 10.0 Å². The first-order valence-corrected chi connectivity index (χ1v) is 10.8. The van der Waals surface area contributed by atoms with Crippen LogP contribution in [0.2, 0.25) is 5.15 Å². The molecule has 0 bridgehead atoms. The average Bonchev–Trinajstić information content (AvgIpc) is 3.12. The summed E-state index contributed by atoms with van der Waals surface area (Å²) in [6.45, 7) is 0.410. The van der Waals surface area contributed by atoms with Gasteiger partial charge in [-0.2, -0.15) is 0 Å². The number of hydrogen-bond acceptors (Lipinski definition) is 3. The van der Waals surface area contributed by atoms with Gasteiger partial charge in [-0.05, 0) is 37.0 Å². The largest absolute Gasteiger partial charge is 0.385 e. The minimum absolute atomic E-state index is 0.0190. The van der Waals surface area contributed by atoms with Crippen LogP contribution >= 0.6 is 11.6 Å². The highest BCUT2D eigenvalue weighted by Crippen LogP contribution is 2.47. The van der Waals surface area contributed by atoms with Crippen molar-refractivity contribution in [3.8, 4) is 0 Å². The van der Waals surface area contributed by atoms with Crippen molar-refractivity contribution in [2.45, 2.75) is 43.7 Å². The summed E-state index contributed by atoms with van der Waals surface area (Å²) in [7, 11) is 0. The molecule has 2 aromatic heterocycles. The monoisotopic (exact) mass is 427 g/mol. The summed E-state index contributed by atoms with van der Waals surface area (Å²) in [5.41, 5.74) is 0.0625. The zero-order valence-electron chi connectivity index (χ0n) is 16.5. The summed E-state index contributed by atoms with van der Waals surface area (Å²) in [6.07, 6.45) is 5.78.